The number of nitrogens with one attached hydrogen (secondary N) is 1. The van der Waals surface area contributed by atoms with E-state index in [-0.39, 0.29) is 11.3 Å². The van der Waals surface area contributed by atoms with Crippen LogP contribution in [0.1, 0.15) is 29.8 Å². The summed E-state index contributed by atoms with van der Waals surface area (Å²) in [6, 6.07) is 9.54. The number of halogens is 3. The van der Waals surface area contributed by atoms with E-state index in [2.05, 4.69) is 24.1 Å². The summed E-state index contributed by atoms with van der Waals surface area (Å²) in [6.45, 7) is 7.05. The SMILES string of the molecule is CCN(CC)CCOc1ccccc1NC(=O)c1cc(N)cc(C(F)(F)F)c1. The molecule has 0 saturated heterocycles. The van der Waals surface area contributed by atoms with Gasteiger partial charge in [-0.1, -0.05) is 26.0 Å². The zero-order valence-electron chi connectivity index (χ0n) is 15.8. The van der Waals surface area contributed by atoms with Crippen LogP contribution in [0.25, 0.3) is 0 Å². The lowest BCUT2D eigenvalue weighted by Crippen LogP contribution is -2.28. The smallest absolute Gasteiger partial charge is 0.416 e. The number of hydrogen-bond acceptors (Lipinski definition) is 4. The van der Waals surface area contributed by atoms with Gasteiger partial charge in [-0.05, 0) is 43.4 Å². The van der Waals surface area contributed by atoms with Crippen LogP contribution in [-0.4, -0.2) is 37.0 Å². The van der Waals surface area contributed by atoms with Gasteiger partial charge in [-0.25, -0.2) is 0 Å². The van der Waals surface area contributed by atoms with E-state index in [4.69, 9.17) is 10.5 Å². The maximum Gasteiger partial charge on any atom is 0.416 e. The molecule has 0 aliphatic rings. The molecule has 0 heterocycles. The highest BCUT2D eigenvalue weighted by atomic mass is 19.4. The lowest BCUT2D eigenvalue weighted by molar-refractivity contribution is -0.137. The number of anilines is 2. The summed E-state index contributed by atoms with van der Waals surface area (Å²) in [6.07, 6.45) is -4.59. The molecular formula is C20H24F3N3O2. The van der Waals surface area contributed by atoms with E-state index < -0.39 is 17.6 Å². The third-order valence-electron chi connectivity index (χ3n) is 4.24. The second-order valence-electron chi connectivity index (χ2n) is 6.17. The Balaban J connectivity index is 2.13. The van der Waals surface area contributed by atoms with E-state index in [0.29, 0.717) is 18.0 Å². The number of ether oxygens (including phenoxy) is 1. The zero-order valence-corrected chi connectivity index (χ0v) is 15.8. The first kappa shape index (κ1) is 21.6. The molecule has 1 amide bonds. The van der Waals surface area contributed by atoms with Crippen LogP contribution in [0, 0.1) is 0 Å². The summed E-state index contributed by atoms with van der Waals surface area (Å²) < 4.78 is 44.6. The predicted molar refractivity (Wildman–Crippen MR) is 104 cm³/mol. The first-order valence-corrected chi connectivity index (χ1v) is 8.97. The summed E-state index contributed by atoms with van der Waals surface area (Å²) in [5.41, 5.74) is 4.62. The van der Waals surface area contributed by atoms with Gasteiger partial charge in [-0.2, -0.15) is 13.2 Å². The molecule has 2 rings (SSSR count). The monoisotopic (exact) mass is 395 g/mol. The Morgan fingerprint density at radius 2 is 1.82 bits per heavy atom. The maximum absolute atomic E-state index is 13.0. The number of carbonyl (C=O) groups excluding carboxylic acids is 1. The maximum atomic E-state index is 13.0. The van der Waals surface area contributed by atoms with Gasteiger partial charge in [0, 0.05) is 17.8 Å². The second kappa shape index (κ2) is 9.45. The van der Waals surface area contributed by atoms with Gasteiger partial charge < -0.3 is 20.7 Å². The molecular weight excluding hydrogens is 371 g/mol. The molecule has 0 aliphatic carbocycles. The molecule has 8 heteroatoms. The Bertz CT molecular complexity index is 806. The summed E-state index contributed by atoms with van der Waals surface area (Å²) in [4.78, 5) is 14.7. The number of nitrogens with zero attached hydrogens (tertiary/aromatic N) is 1. The van der Waals surface area contributed by atoms with Gasteiger partial charge in [0.05, 0.1) is 11.3 Å². The third kappa shape index (κ3) is 5.88. The minimum absolute atomic E-state index is 0.135. The lowest BCUT2D eigenvalue weighted by Gasteiger charge is -2.19. The van der Waals surface area contributed by atoms with Crippen molar-refractivity contribution in [3.63, 3.8) is 0 Å². The van der Waals surface area contributed by atoms with Gasteiger partial charge >= 0.3 is 6.18 Å². The number of carbonyl (C=O) groups is 1. The zero-order chi connectivity index (χ0) is 20.7. The van der Waals surface area contributed by atoms with Crippen LogP contribution in [0.3, 0.4) is 0 Å². The van der Waals surface area contributed by atoms with Crippen molar-refractivity contribution in [2.75, 3.05) is 37.3 Å². The van der Waals surface area contributed by atoms with Crippen molar-refractivity contribution in [3.8, 4) is 5.75 Å². The van der Waals surface area contributed by atoms with Crippen LogP contribution in [0.4, 0.5) is 24.5 Å². The molecule has 0 aromatic heterocycles. The molecule has 0 radical (unpaired) electrons. The fraction of sp³-hybridized carbons (Fsp3) is 0.350. The Hall–Kier alpha value is -2.74. The summed E-state index contributed by atoms with van der Waals surface area (Å²) in [7, 11) is 0. The Morgan fingerprint density at radius 3 is 2.46 bits per heavy atom. The van der Waals surface area contributed by atoms with Gasteiger partial charge in [0.1, 0.15) is 12.4 Å². The van der Waals surface area contributed by atoms with E-state index in [1.807, 2.05) is 0 Å². The summed E-state index contributed by atoms with van der Waals surface area (Å²) in [5, 5.41) is 2.60. The normalized spacial score (nSPS) is 11.5. The number of nitrogen functional groups attached to an aromatic ring is 1. The quantitative estimate of drug-likeness (QED) is 0.656. The van der Waals surface area contributed by atoms with Crippen LogP contribution in [0.2, 0.25) is 0 Å². The molecule has 152 valence electrons. The topological polar surface area (TPSA) is 67.6 Å². The minimum Gasteiger partial charge on any atom is -0.490 e. The fourth-order valence-electron chi connectivity index (χ4n) is 2.66. The predicted octanol–water partition coefficient (Wildman–Crippen LogP) is 4.26. The highest BCUT2D eigenvalue weighted by Crippen LogP contribution is 2.32. The van der Waals surface area contributed by atoms with E-state index in [1.165, 1.54) is 6.07 Å². The number of para-hydroxylation sites is 2. The van der Waals surface area contributed by atoms with Crippen molar-refractivity contribution in [1.29, 1.82) is 0 Å². The average Bonchev–Trinajstić information content (AvgIpc) is 2.65. The van der Waals surface area contributed by atoms with E-state index in [9.17, 15) is 18.0 Å². The van der Waals surface area contributed by atoms with Crippen molar-refractivity contribution < 1.29 is 22.7 Å². The Labute approximate surface area is 162 Å². The van der Waals surface area contributed by atoms with Crippen molar-refractivity contribution in [2.24, 2.45) is 0 Å². The van der Waals surface area contributed by atoms with Crippen LogP contribution in [0.5, 0.6) is 5.75 Å². The van der Waals surface area contributed by atoms with Gasteiger partial charge in [-0.3, -0.25) is 4.79 Å². The van der Waals surface area contributed by atoms with Crippen molar-refractivity contribution >= 4 is 17.3 Å². The standard InChI is InChI=1S/C20H24F3N3O2/c1-3-26(4-2)9-10-28-18-8-6-5-7-17(18)25-19(27)14-11-15(20(21,22)23)13-16(24)12-14/h5-8,11-13H,3-4,9-10,24H2,1-2H3,(H,25,27). The first-order chi connectivity index (χ1) is 13.2. The van der Waals surface area contributed by atoms with Crippen molar-refractivity contribution in [1.82, 2.24) is 4.90 Å². The molecule has 0 fully saturated rings. The molecule has 3 N–H and O–H groups in total. The van der Waals surface area contributed by atoms with Gasteiger partial charge in [0.15, 0.2) is 0 Å². The number of nitrogens with two attached hydrogens (primary N) is 1. The second-order valence-corrected chi connectivity index (χ2v) is 6.17. The third-order valence-corrected chi connectivity index (χ3v) is 4.24. The molecule has 0 saturated carbocycles. The highest BCUT2D eigenvalue weighted by molar-refractivity contribution is 6.05. The molecule has 0 atom stereocenters. The van der Waals surface area contributed by atoms with Crippen LogP contribution >= 0.6 is 0 Å². The van der Waals surface area contributed by atoms with Crippen LogP contribution in [-0.2, 0) is 6.18 Å². The first-order valence-electron chi connectivity index (χ1n) is 8.97. The largest absolute Gasteiger partial charge is 0.490 e. The van der Waals surface area contributed by atoms with Gasteiger partial charge in [-0.15, -0.1) is 0 Å². The molecule has 0 spiro atoms. The number of amides is 1. The van der Waals surface area contributed by atoms with Gasteiger partial charge in [0.25, 0.3) is 5.91 Å². The van der Waals surface area contributed by atoms with E-state index >= 15 is 0 Å². The number of hydrogen-bond donors (Lipinski definition) is 2. The Morgan fingerprint density at radius 1 is 1.14 bits per heavy atom. The average molecular weight is 395 g/mol. The highest BCUT2D eigenvalue weighted by Gasteiger charge is 2.31. The molecule has 2 aromatic carbocycles. The number of alkyl halides is 3. The molecule has 5 nitrogen and oxygen atoms in total. The summed E-state index contributed by atoms with van der Waals surface area (Å²) in [5.74, 6) is -0.249. The summed E-state index contributed by atoms with van der Waals surface area (Å²) >= 11 is 0. The molecule has 0 aliphatic heterocycles. The van der Waals surface area contributed by atoms with Gasteiger partial charge in [0.2, 0.25) is 0 Å². The van der Waals surface area contributed by atoms with Crippen molar-refractivity contribution in [3.05, 3.63) is 53.6 Å². The number of benzene rings is 2. The minimum atomic E-state index is -4.59. The fourth-order valence-corrected chi connectivity index (χ4v) is 2.66. The molecule has 0 bridgehead atoms. The van der Waals surface area contributed by atoms with Crippen LogP contribution in [0.15, 0.2) is 42.5 Å². The molecule has 0 unspecified atom stereocenters. The number of likely N-dealkylation sites (N-methyl/N-ethyl adjacent to an activating group) is 1. The van der Waals surface area contributed by atoms with Crippen molar-refractivity contribution in [2.45, 2.75) is 20.0 Å². The Kier molecular flexibility index (Phi) is 7.28. The van der Waals surface area contributed by atoms with Crippen LogP contribution < -0.4 is 15.8 Å². The molecule has 28 heavy (non-hydrogen) atoms. The number of rotatable bonds is 8. The van der Waals surface area contributed by atoms with E-state index in [0.717, 1.165) is 31.8 Å². The lowest BCUT2D eigenvalue weighted by atomic mass is 10.1. The molecule has 2 aromatic rings. The van der Waals surface area contributed by atoms with E-state index in [1.54, 1.807) is 24.3 Å².